The van der Waals surface area contributed by atoms with Crippen LogP contribution < -0.4 is 4.74 Å². The van der Waals surface area contributed by atoms with E-state index in [4.69, 9.17) is 4.74 Å². The highest BCUT2D eigenvalue weighted by Gasteiger charge is 2.49. The maximum atomic E-state index is 12.5. The van der Waals surface area contributed by atoms with Crippen molar-refractivity contribution < 1.29 is 14.6 Å². The quantitative estimate of drug-likeness (QED) is 0.352. The molecule has 2 fully saturated rings. The third-order valence-electron chi connectivity index (χ3n) is 8.11. The van der Waals surface area contributed by atoms with E-state index in [2.05, 4.69) is 56.7 Å². The SMILES string of the molecule is CC1(C)CC2CC(C)(CN2Cn2c(O)c(N=NC(=O)COc3ccc(C(C)(C)C)cc3)c3ccccc32)C1. The van der Waals surface area contributed by atoms with E-state index in [-0.39, 0.29) is 17.9 Å². The fourth-order valence-electron chi connectivity index (χ4n) is 6.77. The summed E-state index contributed by atoms with van der Waals surface area (Å²) in [7, 11) is 0. The summed E-state index contributed by atoms with van der Waals surface area (Å²) in [6.45, 7) is 14.9. The minimum absolute atomic E-state index is 0.0345. The molecule has 1 aliphatic heterocycles. The second-order valence-electron chi connectivity index (χ2n) is 13.4. The number of hydrogen-bond acceptors (Lipinski definition) is 5. The molecule has 1 aliphatic carbocycles. The molecule has 1 N–H and O–H groups in total. The van der Waals surface area contributed by atoms with Gasteiger partial charge in [-0.2, -0.15) is 0 Å². The van der Waals surface area contributed by atoms with Crippen LogP contribution in [0.15, 0.2) is 58.8 Å². The molecule has 2 aliphatic rings. The number of carbonyl (C=O) groups is 1. The van der Waals surface area contributed by atoms with Crippen molar-refractivity contribution in [2.75, 3.05) is 13.2 Å². The zero-order valence-electron chi connectivity index (χ0n) is 23.5. The zero-order valence-corrected chi connectivity index (χ0v) is 23.5. The van der Waals surface area contributed by atoms with Gasteiger partial charge in [-0.25, -0.2) is 0 Å². The van der Waals surface area contributed by atoms with Gasteiger partial charge in [0.05, 0.1) is 12.2 Å². The first-order valence-electron chi connectivity index (χ1n) is 13.6. The lowest BCUT2D eigenvalue weighted by molar-refractivity contribution is -0.120. The number of benzene rings is 2. The van der Waals surface area contributed by atoms with E-state index in [9.17, 15) is 9.90 Å². The van der Waals surface area contributed by atoms with Crippen molar-refractivity contribution in [2.24, 2.45) is 21.1 Å². The molecule has 7 heteroatoms. The Morgan fingerprint density at radius 1 is 1.08 bits per heavy atom. The van der Waals surface area contributed by atoms with Gasteiger partial charge in [0, 0.05) is 18.0 Å². The third-order valence-corrected chi connectivity index (χ3v) is 8.11. The van der Waals surface area contributed by atoms with Gasteiger partial charge in [0.1, 0.15) is 5.75 Å². The Bertz CT molecular complexity index is 1370. The summed E-state index contributed by atoms with van der Waals surface area (Å²) in [5.74, 6) is 0.130. The summed E-state index contributed by atoms with van der Waals surface area (Å²) in [6.07, 6.45) is 3.56. The van der Waals surface area contributed by atoms with Crippen LogP contribution in [0, 0.1) is 10.8 Å². The van der Waals surface area contributed by atoms with Gasteiger partial charge in [-0.05, 0) is 59.3 Å². The molecule has 2 unspecified atom stereocenters. The number of amides is 1. The van der Waals surface area contributed by atoms with Crippen LogP contribution in [0.4, 0.5) is 5.69 Å². The van der Waals surface area contributed by atoms with Gasteiger partial charge in [0.2, 0.25) is 5.88 Å². The summed E-state index contributed by atoms with van der Waals surface area (Å²) in [5.41, 5.74) is 3.06. The van der Waals surface area contributed by atoms with Crippen LogP contribution >= 0.6 is 0 Å². The smallest absolute Gasteiger partial charge is 0.302 e. The highest BCUT2D eigenvalue weighted by molar-refractivity contribution is 5.95. The maximum Gasteiger partial charge on any atom is 0.302 e. The van der Waals surface area contributed by atoms with Gasteiger partial charge in [-0.3, -0.25) is 14.3 Å². The number of rotatable bonds is 6. The maximum absolute atomic E-state index is 12.5. The number of para-hydroxylation sites is 1. The summed E-state index contributed by atoms with van der Waals surface area (Å²) >= 11 is 0. The van der Waals surface area contributed by atoms with E-state index in [0.717, 1.165) is 23.9 Å². The highest BCUT2D eigenvalue weighted by Crippen LogP contribution is 2.53. The van der Waals surface area contributed by atoms with E-state index in [1.807, 2.05) is 53.1 Å². The Kier molecular flexibility index (Phi) is 6.62. The van der Waals surface area contributed by atoms with Gasteiger partial charge in [-0.1, -0.05) is 71.9 Å². The lowest BCUT2D eigenvalue weighted by Gasteiger charge is -2.40. The van der Waals surface area contributed by atoms with Gasteiger partial charge >= 0.3 is 5.91 Å². The number of ether oxygens (including phenoxy) is 1. The number of likely N-dealkylation sites (tertiary alicyclic amines) is 1. The van der Waals surface area contributed by atoms with Crippen LogP contribution in [0.3, 0.4) is 0 Å². The predicted molar refractivity (Wildman–Crippen MR) is 150 cm³/mol. The van der Waals surface area contributed by atoms with Gasteiger partial charge in [-0.15, -0.1) is 10.2 Å². The van der Waals surface area contributed by atoms with Crippen LogP contribution in [0.2, 0.25) is 0 Å². The van der Waals surface area contributed by atoms with Crippen molar-refractivity contribution in [3.05, 3.63) is 54.1 Å². The molecule has 1 amide bonds. The fourth-order valence-corrected chi connectivity index (χ4v) is 6.77. The number of aromatic nitrogens is 1. The molecular weight excluding hydrogens is 476 g/mol. The van der Waals surface area contributed by atoms with Gasteiger partial charge < -0.3 is 9.84 Å². The molecule has 5 rings (SSSR count). The largest absolute Gasteiger partial charge is 0.493 e. The van der Waals surface area contributed by atoms with Gasteiger partial charge in [0.15, 0.2) is 12.3 Å². The van der Waals surface area contributed by atoms with E-state index in [1.165, 1.54) is 18.4 Å². The molecule has 2 bridgehead atoms. The first-order chi connectivity index (χ1) is 17.8. The molecule has 2 heterocycles. The highest BCUT2D eigenvalue weighted by atomic mass is 16.5. The molecule has 3 aromatic rings. The monoisotopic (exact) mass is 516 g/mol. The van der Waals surface area contributed by atoms with Crippen molar-refractivity contribution >= 4 is 22.5 Å². The summed E-state index contributed by atoms with van der Waals surface area (Å²) < 4.78 is 7.53. The van der Waals surface area contributed by atoms with Crippen molar-refractivity contribution in [1.29, 1.82) is 0 Å². The molecule has 1 saturated heterocycles. The fraction of sp³-hybridized carbons (Fsp3) is 0.516. The molecule has 202 valence electrons. The van der Waals surface area contributed by atoms with Crippen molar-refractivity contribution in [1.82, 2.24) is 9.47 Å². The lowest BCUT2D eigenvalue weighted by Crippen LogP contribution is -2.35. The molecule has 0 spiro atoms. The molecule has 1 aromatic heterocycles. The zero-order chi connectivity index (χ0) is 27.3. The van der Waals surface area contributed by atoms with Crippen LogP contribution in [0.25, 0.3) is 10.9 Å². The van der Waals surface area contributed by atoms with Gasteiger partial charge in [0.25, 0.3) is 0 Å². The molecule has 0 radical (unpaired) electrons. The lowest BCUT2D eigenvalue weighted by atomic mass is 9.65. The first-order valence-corrected chi connectivity index (χ1v) is 13.6. The average Bonchev–Trinajstić information content (AvgIpc) is 3.24. The number of nitrogens with zero attached hydrogens (tertiary/aromatic N) is 4. The Balaban J connectivity index is 1.31. The van der Waals surface area contributed by atoms with Crippen molar-refractivity contribution in [3.8, 4) is 11.6 Å². The molecule has 1 saturated carbocycles. The number of aromatic hydroxyl groups is 1. The Hall–Kier alpha value is -3.19. The summed E-state index contributed by atoms with van der Waals surface area (Å²) in [4.78, 5) is 15.0. The molecule has 2 atom stereocenters. The Morgan fingerprint density at radius 2 is 1.79 bits per heavy atom. The van der Waals surface area contributed by atoms with Crippen LogP contribution in [-0.2, 0) is 16.9 Å². The minimum atomic E-state index is -0.510. The minimum Gasteiger partial charge on any atom is -0.493 e. The predicted octanol–water partition coefficient (Wildman–Crippen LogP) is 7.19. The van der Waals surface area contributed by atoms with E-state index >= 15 is 0 Å². The number of hydrogen-bond donors (Lipinski definition) is 1. The standard InChI is InChI=1S/C31H40N4O3/c1-29(2,3)21-11-13-23(14-12-21)38-17-26(36)32-33-27-24-9-7-8-10-25(24)35(28(27)37)20-34-19-31(6)16-22(34)15-30(4,5)18-31/h7-14,22,37H,15-20H2,1-6H3. The topological polar surface area (TPSA) is 79.4 Å². The second kappa shape index (κ2) is 9.53. The van der Waals surface area contributed by atoms with Crippen molar-refractivity contribution in [3.63, 3.8) is 0 Å². The van der Waals surface area contributed by atoms with E-state index in [0.29, 0.717) is 35.0 Å². The summed E-state index contributed by atoms with van der Waals surface area (Å²) in [6, 6.07) is 16.0. The average molecular weight is 517 g/mol. The van der Waals surface area contributed by atoms with Crippen LogP contribution in [-0.4, -0.2) is 39.7 Å². The van der Waals surface area contributed by atoms with E-state index < -0.39 is 5.91 Å². The van der Waals surface area contributed by atoms with Crippen LogP contribution in [0.1, 0.15) is 66.4 Å². The molecule has 38 heavy (non-hydrogen) atoms. The third kappa shape index (κ3) is 5.35. The molecule has 7 nitrogen and oxygen atoms in total. The Morgan fingerprint density at radius 3 is 2.50 bits per heavy atom. The molecular formula is C31H40N4O3. The second-order valence-corrected chi connectivity index (χ2v) is 13.4. The molecule has 2 aromatic carbocycles. The van der Waals surface area contributed by atoms with Crippen LogP contribution in [0.5, 0.6) is 11.6 Å². The number of carbonyl (C=O) groups excluding carboxylic acids is 1. The summed E-state index contributed by atoms with van der Waals surface area (Å²) in [5, 5.41) is 20.1. The number of azo groups is 1. The number of fused-ring (bicyclic) bond motifs is 3. The van der Waals surface area contributed by atoms with E-state index in [1.54, 1.807) is 0 Å². The first kappa shape index (κ1) is 26.4. The Labute approximate surface area is 225 Å². The van der Waals surface area contributed by atoms with Crippen molar-refractivity contribution in [2.45, 2.75) is 78.9 Å². The normalized spacial score (nSPS) is 23.4.